The Morgan fingerprint density at radius 3 is 2.70 bits per heavy atom. The second-order valence-corrected chi connectivity index (χ2v) is 7.29. The van der Waals surface area contributed by atoms with Crippen LogP contribution in [0.3, 0.4) is 0 Å². The topological polar surface area (TPSA) is 74.7 Å². The molecule has 1 fully saturated rings. The molecule has 6 heteroatoms. The Morgan fingerprint density at radius 2 is 1.95 bits per heavy atom. The average molecular weight is 295 g/mol. The SMILES string of the molecule is O=C(O)[C@@H]1CCCN1S(=O)(=O)c1ccc2c(c1)CCC2. The number of sulfonamides is 1. The molecule has 1 aliphatic carbocycles. The van der Waals surface area contributed by atoms with Crippen LogP contribution < -0.4 is 0 Å². The van der Waals surface area contributed by atoms with Crippen LogP contribution in [0.1, 0.15) is 30.4 Å². The first-order valence-corrected chi connectivity index (χ1v) is 8.30. The molecule has 0 unspecified atom stereocenters. The molecule has 1 aromatic rings. The van der Waals surface area contributed by atoms with E-state index in [1.807, 2.05) is 6.07 Å². The van der Waals surface area contributed by atoms with Gasteiger partial charge in [-0.05, 0) is 55.4 Å². The highest BCUT2D eigenvalue weighted by Gasteiger charge is 2.39. The number of carboxylic acid groups (broad SMARTS) is 1. The van der Waals surface area contributed by atoms with Gasteiger partial charge in [0.1, 0.15) is 6.04 Å². The molecule has 3 rings (SSSR count). The number of aliphatic carboxylic acids is 1. The Balaban J connectivity index is 1.97. The standard InChI is InChI=1S/C14H17NO4S/c16-14(17)13-5-2-8-15(13)20(18,19)12-7-6-10-3-1-4-11(10)9-12/h6-7,9,13H,1-5,8H2,(H,16,17)/t13-/m0/s1. The van der Waals surface area contributed by atoms with Crippen LogP contribution in [0, 0.1) is 0 Å². The minimum atomic E-state index is -3.70. The lowest BCUT2D eigenvalue weighted by Crippen LogP contribution is -2.40. The lowest BCUT2D eigenvalue weighted by Gasteiger charge is -2.21. The molecule has 2 aliphatic rings. The Kier molecular flexibility index (Phi) is 3.30. The maximum atomic E-state index is 12.6. The molecule has 0 saturated carbocycles. The molecule has 1 aromatic carbocycles. The smallest absolute Gasteiger partial charge is 0.322 e. The molecule has 1 saturated heterocycles. The predicted octanol–water partition coefficient (Wildman–Crippen LogP) is 1.41. The summed E-state index contributed by atoms with van der Waals surface area (Å²) in [7, 11) is -3.70. The van der Waals surface area contributed by atoms with E-state index in [9.17, 15) is 13.2 Å². The van der Waals surface area contributed by atoms with E-state index >= 15 is 0 Å². The van der Waals surface area contributed by atoms with Crippen molar-refractivity contribution in [3.05, 3.63) is 29.3 Å². The van der Waals surface area contributed by atoms with Gasteiger partial charge in [0.2, 0.25) is 10.0 Å². The fourth-order valence-corrected chi connectivity index (χ4v) is 4.82. The second kappa shape index (κ2) is 4.86. The van der Waals surface area contributed by atoms with Gasteiger partial charge in [-0.15, -0.1) is 0 Å². The summed E-state index contributed by atoms with van der Waals surface area (Å²) in [5, 5.41) is 9.14. The number of benzene rings is 1. The van der Waals surface area contributed by atoms with Crippen molar-refractivity contribution in [1.82, 2.24) is 4.31 Å². The van der Waals surface area contributed by atoms with E-state index in [2.05, 4.69) is 0 Å². The molecular weight excluding hydrogens is 278 g/mol. The van der Waals surface area contributed by atoms with Gasteiger partial charge in [-0.25, -0.2) is 8.42 Å². The van der Waals surface area contributed by atoms with Gasteiger partial charge in [-0.1, -0.05) is 6.07 Å². The number of rotatable bonds is 3. The number of carboxylic acids is 1. The van der Waals surface area contributed by atoms with E-state index in [1.54, 1.807) is 12.1 Å². The van der Waals surface area contributed by atoms with Crippen LogP contribution in [0.4, 0.5) is 0 Å². The first-order chi connectivity index (χ1) is 9.50. The highest BCUT2D eigenvalue weighted by Crippen LogP contribution is 2.29. The molecule has 5 nitrogen and oxygen atoms in total. The molecule has 108 valence electrons. The number of hydrogen-bond acceptors (Lipinski definition) is 3. The van der Waals surface area contributed by atoms with Crippen LogP contribution >= 0.6 is 0 Å². The van der Waals surface area contributed by atoms with Crippen molar-refractivity contribution in [3.8, 4) is 0 Å². The number of aryl methyl sites for hydroxylation is 2. The molecule has 0 bridgehead atoms. The van der Waals surface area contributed by atoms with Gasteiger partial charge in [0.25, 0.3) is 0 Å². The summed E-state index contributed by atoms with van der Waals surface area (Å²) in [6.45, 7) is 0.288. The zero-order valence-electron chi connectivity index (χ0n) is 11.1. The molecule has 0 spiro atoms. The lowest BCUT2D eigenvalue weighted by molar-refractivity contribution is -0.140. The molecule has 1 heterocycles. The summed E-state index contributed by atoms with van der Waals surface area (Å²) in [5.74, 6) is -1.06. The van der Waals surface area contributed by atoms with Crippen LogP contribution in [0.5, 0.6) is 0 Å². The third-order valence-corrected chi connectivity index (χ3v) is 6.07. The Labute approximate surface area is 118 Å². The third-order valence-electron chi connectivity index (χ3n) is 4.17. The van der Waals surface area contributed by atoms with Gasteiger partial charge in [-0.2, -0.15) is 4.31 Å². The van der Waals surface area contributed by atoms with E-state index in [-0.39, 0.29) is 11.4 Å². The van der Waals surface area contributed by atoms with E-state index in [0.29, 0.717) is 12.8 Å². The van der Waals surface area contributed by atoms with E-state index in [4.69, 9.17) is 5.11 Å². The summed E-state index contributed by atoms with van der Waals surface area (Å²) in [5.41, 5.74) is 2.29. The normalized spacial score (nSPS) is 22.9. The summed E-state index contributed by atoms with van der Waals surface area (Å²) in [6.07, 6.45) is 3.94. The average Bonchev–Trinajstić information content (AvgIpc) is 3.06. The van der Waals surface area contributed by atoms with Gasteiger partial charge in [-0.3, -0.25) is 4.79 Å². The van der Waals surface area contributed by atoms with E-state index in [1.165, 1.54) is 5.56 Å². The van der Waals surface area contributed by atoms with Crippen LogP contribution in [0.25, 0.3) is 0 Å². The van der Waals surface area contributed by atoms with Gasteiger partial charge >= 0.3 is 5.97 Å². The molecular formula is C14H17NO4S. The molecule has 0 amide bonds. The minimum absolute atomic E-state index is 0.228. The predicted molar refractivity (Wildman–Crippen MR) is 73.0 cm³/mol. The lowest BCUT2D eigenvalue weighted by atomic mass is 10.1. The van der Waals surface area contributed by atoms with Crippen LogP contribution in [-0.4, -0.2) is 36.4 Å². The Morgan fingerprint density at radius 1 is 1.20 bits per heavy atom. The van der Waals surface area contributed by atoms with Crippen molar-refractivity contribution in [2.45, 2.75) is 43.0 Å². The molecule has 1 N–H and O–H groups in total. The summed E-state index contributed by atoms with van der Waals surface area (Å²) in [4.78, 5) is 11.4. The van der Waals surface area contributed by atoms with Crippen LogP contribution in [-0.2, 0) is 27.7 Å². The highest BCUT2D eigenvalue weighted by molar-refractivity contribution is 7.89. The number of fused-ring (bicyclic) bond motifs is 1. The molecule has 0 radical (unpaired) electrons. The minimum Gasteiger partial charge on any atom is -0.480 e. The van der Waals surface area contributed by atoms with Gasteiger partial charge in [0.05, 0.1) is 4.90 Å². The van der Waals surface area contributed by atoms with Crippen LogP contribution in [0.15, 0.2) is 23.1 Å². The number of hydrogen-bond donors (Lipinski definition) is 1. The van der Waals surface area contributed by atoms with Crippen molar-refractivity contribution in [2.75, 3.05) is 6.54 Å². The maximum absolute atomic E-state index is 12.6. The van der Waals surface area contributed by atoms with Gasteiger partial charge in [0, 0.05) is 6.54 Å². The Hall–Kier alpha value is -1.40. The first kappa shape index (κ1) is 13.6. The van der Waals surface area contributed by atoms with Crippen molar-refractivity contribution in [3.63, 3.8) is 0 Å². The summed E-state index contributed by atoms with van der Waals surface area (Å²) < 4.78 is 26.4. The van der Waals surface area contributed by atoms with E-state index in [0.717, 1.165) is 29.1 Å². The molecule has 1 atom stereocenters. The second-order valence-electron chi connectivity index (χ2n) is 5.40. The quantitative estimate of drug-likeness (QED) is 0.915. The fraction of sp³-hybridized carbons (Fsp3) is 0.500. The molecule has 20 heavy (non-hydrogen) atoms. The number of carbonyl (C=O) groups is 1. The van der Waals surface area contributed by atoms with E-state index < -0.39 is 22.0 Å². The zero-order valence-corrected chi connectivity index (χ0v) is 11.9. The first-order valence-electron chi connectivity index (χ1n) is 6.86. The maximum Gasteiger partial charge on any atom is 0.322 e. The molecule has 1 aliphatic heterocycles. The Bertz CT molecular complexity index is 653. The summed E-state index contributed by atoms with van der Waals surface area (Å²) in [6, 6.07) is 4.26. The summed E-state index contributed by atoms with van der Waals surface area (Å²) >= 11 is 0. The third kappa shape index (κ3) is 2.13. The van der Waals surface area contributed by atoms with Crippen LogP contribution in [0.2, 0.25) is 0 Å². The zero-order chi connectivity index (χ0) is 14.3. The van der Waals surface area contributed by atoms with Gasteiger partial charge in [0.15, 0.2) is 0 Å². The monoisotopic (exact) mass is 295 g/mol. The van der Waals surface area contributed by atoms with Crippen molar-refractivity contribution in [1.29, 1.82) is 0 Å². The van der Waals surface area contributed by atoms with Crippen molar-refractivity contribution in [2.24, 2.45) is 0 Å². The molecule has 0 aromatic heterocycles. The fourth-order valence-electron chi connectivity index (χ4n) is 3.12. The van der Waals surface area contributed by atoms with Crippen molar-refractivity contribution < 1.29 is 18.3 Å². The van der Waals surface area contributed by atoms with Crippen molar-refractivity contribution >= 4 is 16.0 Å². The largest absolute Gasteiger partial charge is 0.480 e. The highest BCUT2D eigenvalue weighted by atomic mass is 32.2. The van der Waals surface area contributed by atoms with Gasteiger partial charge < -0.3 is 5.11 Å². The number of nitrogens with zero attached hydrogens (tertiary/aromatic N) is 1.